The Hall–Kier alpha value is -2.29. The molecule has 0 aliphatic carbocycles. The fraction of sp³-hybridized carbons (Fsp3) is 0.350. The van der Waals surface area contributed by atoms with Gasteiger partial charge in [0.1, 0.15) is 12.4 Å². The van der Waals surface area contributed by atoms with Crippen LogP contribution in [-0.2, 0) is 26.1 Å². The first-order chi connectivity index (χ1) is 13.3. The Morgan fingerprint density at radius 3 is 2.50 bits per heavy atom. The van der Waals surface area contributed by atoms with Crippen LogP contribution < -0.4 is 0 Å². The summed E-state index contributed by atoms with van der Waals surface area (Å²) in [5.74, 6) is -1.10. The number of sulfonamides is 1. The monoisotopic (exact) mass is 407 g/mol. The Morgan fingerprint density at radius 2 is 1.82 bits per heavy atom. The van der Waals surface area contributed by atoms with Crippen molar-refractivity contribution < 1.29 is 27.1 Å². The molecule has 0 amide bonds. The first-order valence-corrected chi connectivity index (χ1v) is 10.4. The molecule has 150 valence electrons. The van der Waals surface area contributed by atoms with Crippen molar-refractivity contribution in [3.8, 4) is 0 Å². The lowest BCUT2D eigenvalue weighted by Crippen LogP contribution is -2.48. The SMILES string of the molecule is CC1CN(S(=O)(=O)c2cccc(C(=O)OCc3cccc(F)c3)c2)CC(C)O1. The maximum absolute atomic E-state index is 13.2. The largest absolute Gasteiger partial charge is 0.457 e. The molecule has 0 aromatic heterocycles. The van der Waals surface area contributed by atoms with Gasteiger partial charge >= 0.3 is 5.97 Å². The Morgan fingerprint density at radius 1 is 1.14 bits per heavy atom. The minimum atomic E-state index is -3.76. The van der Waals surface area contributed by atoms with Gasteiger partial charge in [-0.25, -0.2) is 17.6 Å². The van der Waals surface area contributed by atoms with Gasteiger partial charge in [0, 0.05) is 13.1 Å². The first-order valence-electron chi connectivity index (χ1n) is 8.93. The predicted octanol–water partition coefficient (Wildman–Crippen LogP) is 2.98. The first kappa shape index (κ1) is 20.4. The molecule has 1 heterocycles. The van der Waals surface area contributed by atoms with Crippen LogP contribution in [0.2, 0.25) is 0 Å². The number of hydrogen-bond donors (Lipinski definition) is 0. The van der Waals surface area contributed by atoms with E-state index >= 15 is 0 Å². The van der Waals surface area contributed by atoms with Crippen molar-refractivity contribution in [2.45, 2.75) is 37.6 Å². The van der Waals surface area contributed by atoms with Crippen LogP contribution in [0.3, 0.4) is 0 Å². The van der Waals surface area contributed by atoms with Crippen LogP contribution in [0.5, 0.6) is 0 Å². The Kier molecular flexibility index (Phi) is 6.12. The van der Waals surface area contributed by atoms with E-state index in [4.69, 9.17) is 9.47 Å². The molecule has 2 unspecified atom stereocenters. The molecule has 2 aromatic carbocycles. The lowest BCUT2D eigenvalue weighted by molar-refractivity contribution is -0.0440. The van der Waals surface area contributed by atoms with Crippen LogP contribution in [-0.4, -0.2) is 44.0 Å². The zero-order chi connectivity index (χ0) is 20.3. The molecule has 2 aromatic rings. The quantitative estimate of drug-likeness (QED) is 0.713. The molecule has 0 radical (unpaired) electrons. The zero-order valence-corrected chi connectivity index (χ0v) is 16.5. The molecule has 8 heteroatoms. The van der Waals surface area contributed by atoms with Crippen molar-refractivity contribution in [2.75, 3.05) is 13.1 Å². The molecule has 1 fully saturated rings. The van der Waals surface area contributed by atoms with Gasteiger partial charge in [-0.1, -0.05) is 18.2 Å². The number of nitrogens with zero attached hydrogens (tertiary/aromatic N) is 1. The average molecular weight is 407 g/mol. The number of carbonyl (C=O) groups excluding carboxylic acids is 1. The van der Waals surface area contributed by atoms with Crippen molar-refractivity contribution in [1.29, 1.82) is 0 Å². The van der Waals surface area contributed by atoms with E-state index in [2.05, 4.69) is 0 Å². The highest BCUT2D eigenvalue weighted by Gasteiger charge is 2.32. The highest BCUT2D eigenvalue weighted by Crippen LogP contribution is 2.22. The van der Waals surface area contributed by atoms with Crippen molar-refractivity contribution in [1.82, 2.24) is 4.31 Å². The molecule has 28 heavy (non-hydrogen) atoms. The Balaban J connectivity index is 1.74. The second-order valence-corrected chi connectivity index (χ2v) is 8.75. The zero-order valence-electron chi connectivity index (χ0n) is 15.7. The van der Waals surface area contributed by atoms with Crippen LogP contribution in [0.4, 0.5) is 4.39 Å². The third-order valence-corrected chi connectivity index (χ3v) is 6.18. The molecular formula is C20H22FNO5S. The summed E-state index contributed by atoms with van der Waals surface area (Å²) in [6.45, 7) is 4.03. The fourth-order valence-electron chi connectivity index (χ4n) is 3.12. The van der Waals surface area contributed by atoms with Gasteiger partial charge in [-0.2, -0.15) is 4.31 Å². The third kappa shape index (κ3) is 4.76. The number of benzene rings is 2. The van der Waals surface area contributed by atoms with Gasteiger partial charge in [0.25, 0.3) is 0 Å². The molecule has 0 N–H and O–H groups in total. The lowest BCUT2D eigenvalue weighted by atomic mass is 10.2. The van der Waals surface area contributed by atoms with Crippen molar-refractivity contribution >= 4 is 16.0 Å². The maximum Gasteiger partial charge on any atom is 0.338 e. The van der Waals surface area contributed by atoms with Gasteiger partial charge < -0.3 is 9.47 Å². The molecule has 6 nitrogen and oxygen atoms in total. The second-order valence-electron chi connectivity index (χ2n) is 6.81. The van der Waals surface area contributed by atoms with Gasteiger partial charge in [-0.15, -0.1) is 0 Å². The number of halogens is 1. The molecule has 0 bridgehead atoms. The molecule has 1 aliphatic rings. The predicted molar refractivity (Wildman–Crippen MR) is 101 cm³/mol. The van der Waals surface area contributed by atoms with Crippen molar-refractivity contribution in [3.63, 3.8) is 0 Å². The number of morpholine rings is 1. The third-order valence-electron chi connectivity index (χ3n) is 4.35. The van der Waals surface area contributed by atoms with E-state index < -0.39 is 21.8 Å². The minimum Gasteiger partial charge on any atom is -0.457 e. The lowest BCUT2D eigenvalue weighted by Gasteiger charge is -2.34. The normalized spacial score (nSPS) is 20.7. The van der Waals surface area contributed by atoms with E-state index in [-0.39, 0.29) is 42.4 Å². The van der Waals surface area contributed by atoms with E-state index in [1.54, 1.807) is 6.07 Å². The Labute approximate surface area is 163 Å². The van der Waals surface area contributed by atoms with E-state index in [0.717, 1.165) is 0 Å². The van der Waals surface area contributed by atoms with Crippen molar-refractivity contribution in [2.24, 2.45) is 0 Å². The summed E-state index contributed by atoms with van der Waals surface area (Å²) in [7, 11) is -3.76. The molecule has 0 saturated carbocycles. The number of carbonyl (C=O) groups is 1. The van der Waals surface area contributed by atoms with E-state index in [1.807, 2.05) is 13.8 Å². The summed E-state index contributed by atoms with van der Waals surface area (Å²) >= 11 is 0. The number of rotatable bonds is 5. The maximum atomic E-state index is 13.2. The number of hydrogen-bond acceptors (Lipinski definition) is 5. The molecule has 0 spiro atoms. The molecule has 2 atom stereocenters. The summed E-state index contributed by atoms with van der Waals surface area (Å²) in [4.78, 5) is 12.3. The number of ether oxygens (including phenoxy) is 2. The van der Waals surface area contributed by atoms with Crippen LogP contribution in [0, 0.1) is 5.82 Å². The van der Waals surface area contributed by atoms with Crippen molar-refractivity contribution in [3.05, 3.63) is 65.5 Å². The van der Waals surface area contributed by atoms with Gasteiger partial charge in [-0.3, -0.25) is 0 Å². The van der Waals surface area contributed by atoms with E-state index in [9.17, 15) is 17.6 Å². The van der Waals surface area contributed by atoms with Crippen LogP contribution in [0.25, 0.3) is 0 Å². The van der Waals surface area contributed by atoms with Crippen LogP contribution >= 0.6 is 0 Å². The Bertz CT molecular complexity index is 953. The highest BCUT2D eigenvalue weighted by molar-refractivity contribution is 7.89. The number of esters is 1. The smallest absolute Gasteiger partial charge is 0.338 e. The minimum absolute atomic E-state index is 0.0222. The molecule has 3 rings (SSSR count). The standard InChI is InChI=1S/C20H22FNO5S/c1-14-11-22(12-15(2)27-14)28(24,25)19-8-4-6-17(10-19)20(23)26-13-16-5-3-7-18(21)9-16/h3-10,14-15H,11-13H2,1-2H3. The van der Waals surface area contributed by atoms with Gasteiger partial charge in [0.15, 0.2) is 0 Å². The average Bonchev–Trinajstić information content (AvgIpc) is 2.65. The van der Waals surface area contributed by atoms with Crippen LogP contribution in [0.1, 0.15) is 29.8 Å². The summed E-state index contributed by atoms with van der Waals surface area (Å²) in [5, 5.41) is 0. The summed E-state index contributed by atoms with van der Waals surface area (Å²) in [6.07, 6.45) is -0.420. The van der Waals surface area contributed by atoms with E-state index in [0.29, 0.717) is 5.56 Å². The molecule has 1 saturated heterocycles. The summed E-state index contributed by atoms with van der Waals surface area (Å²) in [6, 6.07) is 11.5. The summed E-state index contributed by atoms with van der Waals surface area (Å²) < 4.78 is 51.2. The topological polar surface area (TPSA) is 72.9 Å². The molecule has 1 aliphatic heterocycles. The molecular weight excluding hydrogens is 385 g/mol. The second kappa shape index (κ2) is 8.38. The van der Waals surface area contributed by atoms with Crippen LogP contribution in [0.15, 0.2) is 53.4 Å². The summed E-state index contributed by atoms with van der Waals surface area (Å²) in [5.41, 5.74) is 0.625. The van der Waals surface area contributed by atoms with Gasteiger partial charge in [-0.05, 0) is 49.7 Å². The fourth-order valence-corrected chi connectivity index (χ4v) is 4.76. The van der Waals surface area contributed by atoms with E-state index in [1.165, 1.54) is 46.8 Å². The van der Waals surface area contributed by atoms with Gasteiger partial charge in [0.05, 0.1) is 22.7 Å². The van der Waals surface area contributed by atoms with Gasteiger partial charge in [0.2, 0.25) is 10.0 Å². The highest BCUT2D eigenvalue weighted by atomic mass is 32.2.